The molecule has 0 heterocycles. The predicted molar refractivity (Wildman–Crippen MR) is 112 cm³/mol. The van der Waals surface area contributed by atoms with Crippen molar-refractivity contribution < 1.29 is 22.7 Å². The minimum absolute atomic E-state index is 0.0408. The van der Waals surface area contributed by atoms with Gasteiger partial charge < -0.3 is 10.1 Å². The van der Waals surface area contributed by atoms with Crippen LogP contribution in [0.25, 0.3) is 0 Å². The van der Waals surface area contributed by atoms with Crippen molar-refractivity contribution in [3.05, 3.63) is 58.6 Å². The van der Waals surface area contributed by atoms with Gasteiger partial charge in [-0.25, -0.2) is 13.2 Å². The van der Waals surface area contributed by atoms with E-state index in [0.717, 1.165) is 0 Å². The Hall–Kier alpha value is -2.42. The number of amides is 1. The van der Waals surface area contributed by atoms with Gasteiger partial charge in [-0.05, 0) is 42.8 Å². The maximum atomic E-state index is 12.8. The van der Waals surface area contributed by atoms with Crippen molar-refractivity contribution in [1.82, 2.24) is 4.31 Å². The summed E-state index contributed by atoms with van der Waals surface area (Å²) in [6.07, 6.45) is 0. The lowest BCUT2D eigenvalue weighted by atomic mass is 10.1. The molecule has 2 aromatic rings. The zero-order chi connectivity index (χ0) is 21.6. The largest absolute Gasteiger partial charge is 0.452 e. The number of nitrogens with zero attached hydrogens (tertiary/aromatic N) is 1. The third-order valence-electron chi connectivity index (χ3n) is 4.19. The Bertz CT molecular complexity index is 1000. The molecule has 156 valence electrons. The zero-order valence-electron chi connectivity index (χ0n) is 16.4. The first-order chi connectivity index (χ1) is 13.7. The van der Waals surface area contributed by atoms with Gasteiger partial charge in [0.2, 0.25) is 10.0 Å². The van der Waals surface area contributed by atoms with E-state index >= 15 is 0 Å². The highest BCUT2D eigenvalue weighted by atomic mass is 35.5. The summed E-state index contributed by atoms with van der Waals surface area (Å²) in [5.74, 6) is -1.33. The van der Waals surface area contributed by atoms with Crippen molar-refractivity contribution in [2.45, 2.75) is 25.7 Å². The Morgan fingerprint density at radius 1 is 1.10 bits per heavy atom. The molecular weight excluding hydrogens is 416 g/mol. The second kappa shape index (κ2) is 9.87. The molecule has 1 N–H and O–H groups in total. The molecule has 9 heteroatoms. The van der Waals surface area contributed by atoms with Crippen LogP contribution in [0.3, 0.4) is 0 Å². The summed E-state index contributed by atoms with van der Waals surface area (Å²) >= 11 is 5.85. The van der Waals surface area contributed by atoms with Gasteiger partial charge in [0, 0.05) is 23.8 Å². The lowest BCUT2D eigenvalue weighted by Crippen LogP contribution is -2.31. The van der Waals surface area contributed by atoms with Crippen LogP contribution in [0.4, 0.5) is 5.69 Å². The van der Waals surface area contributed by atoms with Crippen molar-refractivity contribution in [2.24, 2.45) is 0 Å². The van der Waals surface area contributed by atoms with Gasteiger partial charge in [0.1, 0.15) is 0 Å². The molecule has 0 aromatic heterocycles. The molecule has 0 atom stereocenters. The van der Waals surface area contributed by atoms with Crippen LogP contribution >= 0.6 is 11.6 Å². The second-order valence-corrected chi connectivity index (χ2v) is 8.55. The number of halogens is 1. The molecule has 0 unspecified atom stereocenters. The average molecular weight is 439 g/mol. The first-order valence-corrected chi connectivity index (χ1v) is 10.8. The molecule has 0 aliphatic carbocycles. The van der Waals surface area contributed by atoms with E-state index in [-0.39, 0.29) is 10.5 Å². The lowest BCUT2D eigenvalue weighted by Gasteiger charge is -2.20. The van der Waals surface area contributed by atoms with E-state index in [1.54, 1.807) is 51.1 Å². The number of esters is 1. The van der Waals surface area contributed by atoms with Crippen LogP contribution in [-0.2, 0) is 19.6 Å². The van der Waals surface area contributed by atoms with Gasteiger partial charge in [0.25, 0.3) is 5.91 Å². The maximum absolute atomic E-state index is 12.8. The number of hydrogen-bond donors (Lipinski definition) is 1. The molecule has 0 saturated carbocycles. The predicted octanol–water partition coefficient (Wildman–Crippen LogP) is 3.47. The molecule has 0 aliphatic rings. The third kappa shape index (κ3) is 5.79. The van der Waals surface area contributed by atoms with E-state index in [9.17, 15) is 18.0 Å². The number of ether oxygens (including phenoxy) is 1. The molecule has 7 nitrogen and oxygen atoms in total. The summed E-state index contributed by atoms with van der Waals surface area (Å²) in [7, 11) is -3.73. The minimum atomic E-state index is -3.73. The Kier molecular flexibility index (Phi) is 7.78. The van der Waals surface area contributed by atoms with E-state index < -0.39 is 28.5 Å². The zero-order valence-corrected chi connectivity index (χ0v) is 18.0. The fourth-order valence-corrected chi connectivity index (χ4v) is 4.58. The summed E-state index contributed by atoms with van der Waals surface area (Å²) < 4.78 is 31.9. The van der Waals surface area contributed by atoms with E-state index in [1.807, 2.05) is 0 Å². The molecule has 2 rings (SSSR count). The van der Waals surface area contributed by atoms with Gasteiger partial charge in [0.05, 0.1) is 10.5 Å². The molecule has 0 bridgehead atoms. The lowest BCUT2D eigenvalue weighted by molar-refractivity contribution is -0.119. The summed E-state index contributed by atoms with van der Waals surface area (Å²) in [5, 5.41) is 3.02. The highest BCUT2D eigenvalue weighted by Crippen LogP contribution is 2.22. The van der Waals surface area contributed by atoms with Crippen LogP contribution in [0.15, 0.2) is 47.4 Å². The number of aryl methyl sites for hydroxylation is 1. The average Bonchev–Trinajstić information content (AvgIpc) is 2.67. The van der Waals surface area contributed by atoms with Crippen LogP contribution in [-0.4, -0.2) is 44.3 Å². The van der Waals surface area contributed by atoms with E-state index in [4.69, 9.17) is 16.3 Å². The topological polar surface area (TPSA) is 92.8 Å². The van der Waals surface area contributed by atoms with Crippen molar-refractivity contribution in [3.63, 3.8) is 0 Å². The van der Waals surface area contributed by atoms with Crippen molar-refractivity contribution in [3.8, 4) is 0 Å². The Morgan fingerprint density at radius 2 is 1.79 bits per heavy atom. The number of anilines is 1. The highest BCUT2D eigenvalue weighted by Gasteiger charge is 2.25. The summed E-state index contributed by atoms with van der Waals surface area (Å²) in [6, 6.07) is 10.8. The molecule has 29 heavy (non-hydrogen) atoms. The van der Waals surface area contributed by atoms with E-state index in [1.165, 1.54) is 16.4 Å². The summed E-state index contributed by atoms with van der Waals surface area (Å²) in [5.41, 5.74) is 1.05. The number of nitrogens with one attached hydrogen (secondary N) is 1. The molecular formula is C20H23ClN2O5S. The Balaban J connectivity index is 2.10. The molecule has 2 aromatic carbocycles. The van der Waals surface area contributed by atoms with Gasteiger partial charge >= 0.3 is 5.97 Å². The normalized spacial score (nSPS) is 11.3. The fraction of sp³-hybridized carbons (Fsp3) is 0.300. The van der Waals surface area contributed by atoms with Crippen LogP contribution < -0.4 is 5.32 Å². The molecule has 1 amide bonds. The first kappa shape index (κ1) is 22.9. The van der Waals surface area contributed by atoms with Crippen LogP contribution in [0.1, 0.15) is 29.8 Å². The number of carbonyl (C=O) groups is 2. The molecule has 0 aliphatic heterocycles. The smallest absolute Gasteiger partial charge is 0.338 e. The van der Waals surface area contributed by atoms with Crippen LogP contribution in [0.5, 0.6) is 0 Å². The molecule has 0 spiro atoms. The number of sulfonamides is 1. The van der Waals surface area contributed by atoms with Gasteiger partial charge in [-0.1, -0.05) is 37.6 Å². The number of benzene rings is 2. The van der Waals surface area contributed by atoms with Crippen molar-refractivity contribution >= 4 is 39.2 Å². The SMILES string of the molecule is CCN(CC)S(=O)(=O)c1cc(C(=O)OCC(=O)Nc2cccc(Cl)c2)ccc1C. The third-order valence-corrected chi connectivity index (χ3v) is 6.62. The van der Waals surface area contributed by atoms with Gasteiger partial charge in [-0.2, -0.15) is 4.31 Å². The molecule has 0 radical (unpaired) electrons. The van der Waals surface area contributed by atoms with Crippen LogP contribution in [0.2, 0.25) is 5.02 Å². The Morgan fingerprint density at radius 3 is 2.41 bits per heavy atom. The number of carbonyl (C=O) groups excluding carboxylic acids is 2. The monoisotopic (exact) mass is 438 g/mol. The summed E-state index contributed by atoms with van der Waals surface area (Å²) in [4.78, 5) is 24.3. The van der Waals surface area contributed by atoms with Crippen molar-refractivity contribution in [2.75, 3.05) is 25.0 Å². The summed E-state index contributed by atoms with van der Waals surface area (Å²) in [6.45, 7) is 5.26. The van der Waals surface area contributed by atoms with Gasteiger partial charge in [0.15, 0.2) is 6.61 Å². The quantitative estimate of drug-likeness (QED) is 0.637. The number of rotatable bonds is 8. The minimum Gasteiger partial charge on any atom is -0.452 e. The van der Waals surface area contributed by atoms with Crippen molar-refractivity contribution in [1.29, 1.82) is 0 Å². The van der Waals surface area contributed by atoms with Crippen LogP contribution in [0, 0.1) is 6.92 Å². The second-order valence-electron chi connectivity index (χ2n) is 6.20. The van der Waals surface area contributed by atoms with E-state index in [2.05, 4.69) is 5.32 Å². The standard InChI is InChI=1S/C20H23ClN2O5S/c1-4-23(5-2)29(26,27)18-11-15(10-9-14(18)3)20(25)28-13-19(24)22-17-8-6-7-16(21)12-17/h6-12H,4-5,13H2,1-3H3,(H,22,24). The maximum Gasteiger partial charge on any atom is 0.338 e. The van der Waals surface area contributed by atoms with Gasteiger partial charge in [-0.3, -0.25) is 4.79 Å². The van der Waals surface area contributed by atoms with Gasteiger partial charge in [-0.15, -0.1) is 0 Å². The molecule has 0 fully saturated rings. The Labute approximate surface area is 175 Å². The first-order valence-electron chi connectivity index (χ1n) is 9.02. The van der Waals surface area contributed by atoms with E-state index in [0.29, 0.717) is 29.4 Å². The highest BCUT2D eigenvalue weighted by molar-refractivity contribution is 7.89. The number of hydrogen-bond acceptors (Lipinski definition) is 5. The molecule has 0 saturated heterocycles. The fourth-order valence-electron chi connectivity index (χ4n) is 2.69.